The van der Waals surface area contributed by atoms with Crippen molar-refractivity contribution < 1.29 is 24.9 Å². The van der Waals surface area contributed by atoms with Crippen LogP contribution in [-0.2, 0) is 9.63 Å². The van der Waals surface area contributed by atoms with Crippen molar-refractivity contribution in [2.24, 2.45) is 11.8 Å². The third-order valence-electron chi connectivity index (χ3n) is 2.67. The number of nitrogens with zero attached hydrogens (tertiary/aromatic N) is 1. The molecule has 1 atom stereocenters. The number of hydrogen-bond acceptors (Lipinski definition) is 6. The molecule has 0 aromatic heterocycles. The monoisotopic (exact) mass is 308 g/mol. The van der Waals surface area contributed by atoms with Crippen LogP contribution < -0.4 is 5.32 Å². The number of nitrogens with one attached hydrogen (secondary N) is 1. The molecule has 0 fully saturated rings. The zero-order chi connectivity index (χ0) is 16.7. The first kappa shape index (κ1) is 21.9. The summed E-state index contributed by atoms with van der Waals surface area (Å²) >= 11 is 0. The lowest BCUT2D eigenvalue weighted by molar-refractivity contribution is -0.757. The average molecular weight is 308 g/mol. The predicted molar refractivity (Wildman–Crippen MR) is 78.0 cm³/mol. The van der Waals surface area contributed by atoms with E-state index in [1.165, 1.54) is 0 Å². The Morgan fingerprint density at radius 1 is 1.38 bits per heavy atom. The maximum Gasteiger partial charge on any atom is 0.294 e. The minimum atomic E-state index is -0.863. The molecular formula is C13H28N2O6. The van der Waals surface area contributed by atoms with Crippen molar-refractivity contribution in [3.8, 4) is 0 Å². The summed E-state index contributed by atoms with van der Waals surface area (Å²) in [6.07, 6.45) is 2.15. The summed E-state index contributed by atoms with van der Waals surface area (Å²) in [5.74, 6) is 0.643. The van der Waals surface area contributed by atoms with Crippen molar-refractivity contribution in [2.45, 2.75) is 39.5 Å². The van der Waals surface area contributed by atoms with Gasteiger partial charge in [-0.15, -0.1) is 10.1 Å². The van der Waals surface area contributed by atoms with Gasteiger partial charge in [-0.25, -0.2) is 0 Å². The number of amides is 1. The number of hydrogen-bond donors (Lipinski definition) is 3. The molecule has 0 saturated carbocycles. The molecule has 0 aromatic rings. The summed E-state index contributed by atoms with van der Waals surface area (Å²) in [6.45, 7) is 4.78. The molecule has 1 amide bonds. The summed E-state index contributed by atoms with van der Waals surface area (Å²) in [4.78, 5) is 25.5. The minimum absolute atomic E-state index is 0.0630. The van der Waals surface area contributed by atoms with E-state index in [2.05, 4.69) is 24.0 Å². The molecule has 0 bridgehead atoms. The third-order valence-corrected chi connectivity index (χ3v) is 2.67. The SMILES string of the molecule is CC(C)CC(CCO)CNC(=O)CCCO[N+](=O)[O-].CO. The van der Waals surface area contributed by atoms with Crippen LogP contribution in [0.5, 0.6) is 0 Å². The van der Waals surface area contributed by atoms with E-state index in [1.54, 1.807) is 0 Å². The van der Waals surface area contributed by atoms with Gasteiger partial charge in [0.05, 0.1) is 6.61 Å². The summed E-state index contributed by atoms with van der Waals surface area (Å²) in [5.41, 5.74) is 0. The molecular weight excluding hydrogens is 280 g/mol. The highest BCUT2D eigenvalue weighted by Crippen LogP contribution is 2.14. The van der Waals surface area contributed by atoms with Gasteiger partial charge >= 0.3 is 0 Å². The van der Waals surface area contributed by atoms with E-state index in [9.17, 15) is 14.9 Å². The highest BCUT2D eigenvalue weighted by Gasteiger charge is 2.12. The van der Waals surface area contributed by atoms with Crippen LogP contribution >= 0.6 is 0 Å². The zero-order valence-corrected chi connectivity index (χ0v) is 13.1. The van der Waals surface area contributed by atoms with Crippen LogP contribution in [0.4, 0.5) is 0 Å². The van der Waals surface area contributed by atoms with E-state index in [1.807, 2.05) is 0 Å². The molecule has 0 spiro atoms. The second-order valence-electron chi connectivity index (χ2n) is 4.97. The molecule has 8 heteroatoms. The van der Waals surface area contributed by atoms with Gasteiger partial charge in [-0.2, -0.15) is 0 Å². The quantitative estimate of drug-likeness (QED) is 0.294. The van der Waals surface area contributed by atoms with Crippen LogP contribution in [0.2, 0.25) is 0 Å². The van der Waals surface area contributed by atoms with Crippen LogP contribution in [0.15, 0.2) is 0 Å². The van der Waals surface area contributed by atoms with Gasteiger partial charge in [-0.1, -0.05) is 13.8 Å². The Morgan fingerprint density at radius 2 is 2.00 bits per heavy atom. The number of rotatable bonds is 11. The number of carbonyl (C=O) groups excluding carboxylic acids is 1. The van der Waals surface area contributed by atoms with Gasteiger partial charge in [0, 0.05) is 26.7 Å². The number of aliphatic hydroxyl groups is 2. The van der Waals surface area contributed by atoms with Crippen molar-refractivity contribution in [2.75, 3.05) is 26.9 Å². The van der Waals surface area contributed by atoms with Crippen LogP contribution in [0.3, 0.4) is 0 Å². The highest BCUT2D eigenvalue weighted by atomic mass is 16.9. The Kier molecular flexibility index (Phi) is 15.6. The Bertz CT molecular complexity index is 273. The minimum Gasteiger partial charge on any atom is -0.400 e. The van der Waals surface area contributed by atoms with Gasteiger partial charge in [-0.05, 0) is 31.1 Å². The Morgan fingerprint density at radius 3 is 2.48 bits per heavy atom. The summed E-state index contributed by atoms with van der Waals surface area (Å²) in [7, 11) is 1.00. The number of aliphatic hydroxyl groups excluding tert-OH is 2. The topological polar surface area (TPSA) is 122 Å². The summed E-state index contributed by atoms with van der Waals surface area (Å²) in [6, 6.07) is 0. The smallest absolute Gasteiger partial charge is 0.294 e. The van der Waals surface area contributed by atoms with Crippen LogP contribution in [0.25, 0.3) is 0 Å². The fourth-order valence-electron chi connectivity index (χ4n) is 1.87. The molecule has 0 aliphatic carbocycles. The van der Waals surface area contributed by atoms with Gasteiger partial charge in [0.15, 0.2) is 0 Å². The van der Waals surface area contributed by atoms with E-state index in [0.717, 1.165) is 13.5 Å². The van der Waals surface area contributed by atoms with Crippen LogP contribution in [0, 0.1) is 22.0 Å². The zero-order valence-electron chi connectivity index (χ0n) is 13.1. The molecule has 126 valence electrons. The Hall–Kier alpha value is -1.41. The van der Waals surface area contributed by atoms with Crippen molar-refractivity contribution in [3.05, 3.63) is 10.1 Å². The molecule has 0 aliphatic rings. The molecule has 1 unspecified atom stereocenters. The van der Waals surface area contributed by atoms with Gasteiger partial charge < -0.3 is 20.4 Å². The van der Waals surface area contributed by atoms with Gasteiger partial charge in [0.2, 0.25) is 5.91 Å². The van der Waals surface area contributed by atoms with E-state index in [-0.39, 0.29) is 31.5 Å². The Balaban J connectivity index is 0. The molecule has 0 heterocycles. The van der Waals surface area contributed by atoms with Crippen molar-refractivity contribution in [1.29, 1.82) is 0 Å². The first-order valence-electron chi connectivity index (χ1n) is 7.05. The average Bonchev–Trinajstić information content (AvgIpc) is 2.43. The molecule has 21 heavy (non-hydrogen) atoms. The third kappa shape index (κ3) is 16.5. The standard InChI is InChI=1S/C12H24N2O5.CH4O/c1-10(2)8-11(5-6-15)9-13-12(16)4-3-7-19-14(17)18;1-2/h10-11,15H,3-9H2,1-2H3,(H,13,16);2H,1H3. The summed E-state index contributed by atoms with van der Waals surface area (Å²) < 4.78 is 0. The number of carbonyl (C=O) groups is 1. The second-order valence-corrected chi connectivity index (χ2v) is 4.97. The largest absolute Gasteiger partial charge is 0.400 e. The van der Waals surface area contributed by atoms with E-state index >= 15 is 0 Å². The molecule has 0 aromatic carbocycles. The first-order valence-corrected chi connectivity index (χ1v) is 7.05. The normalized spacial score (nSPS) is 11.3. The van der Waals surface area contributed by atoms with Gasteiger partial charge in [0.1, 0.15) is 0 Å². The lowest BCUT2D eigenvalue weighted by Gasteiger charge is -2.18. The first-order chi connectivity index (χ1) is 9.95. The van der Waals surface area contributed by atoms with Gasteiger partial charge in [0.25, 0.3) is 5.09 Å². The Labute approximate surface area is 125 Å². The van der Waals surface area contributed by atoms with Crippen molar-refractivity contribution in [1.82, 2.24) is 5.32 Å². The van der Waals surface area contributed by atoms with E-state index in [4.69, 9.17) is 10.2 Å². The molecule has 0 aliphatic heterocycles. The van der Waals surface area contributed by atoms with Crippen molar-refractivity contribution in [3.63, 3.8) is 0 Å². The fourth-order valence-corrected chi connectivity index (χ4v) is 1.87. The van der Waals surface area contributed by atoms with E-state index < -0.39 is 5.09 Å². The second kappa shape index (κ2) is 15.0. The molecule has 0 rings (SSSR count). The molecule has 3 N–H and O–H groups in total. The van der Waals surface area contributed by atoms with Gasteiger partial charge in [-0.3, -0.25) is 4.79 Å². The molecule has 0 radical (unpaired) electrons. The molecule has 0 saturated heterocycles. The maximum absolute atomic E-state index is 11.5. The maximum atomic E-state index is 11.5. The molecule has 8 nitrogen and oxygen atoms in total. The van der Waals surface area contributed by atoms with Crippen molar-refractivity contribution >= 4 is 5.91 Å². The lowest BCUT2D eigenvalue weighted by Crippen LogP contribution is -2.30. The van der Waals surface area contributed by atoms with Crippen LogP contribution in [-0.4, -0.2) is 48.1 Å². The fraction of sp³-hybridized carbons (Fsp3) is 0.923. The predicted octanol–water partition coefficient (Wildman–Crippen LogP) is 0.744. The highest BCUT2D eigenvalue weighted by molar-refractivity contribution is 5.75. The lowest BCUT2D eigenvalue weighted by atomic mass is 9.94. The summed E-state index contributed by atoms with van der Waals surface area (Å²) in [5, 5.41) is 27.8. The van der Waals surface area contributed by atoms with Crippen LogP contribution in [0.1, 0.15) is 39.5 Å². The van der Waals surface area contributed by atoms with E-state index in [0.29, 0.717) is 25.3 Å².